The molecule has 116 valence electrons. The van der Waals surface area contributed by atoms with Crippen LogP contribution in [-0.4, -0.2) is 36.7 Å². The second-order valence-corrected chi connectivity index (χ2v) is 5.35. The first-order valence-corrected chi connectivity index (χ1v) is 7.03. The van der Waals surface area contributed by atoms with Crippen LogP contribution in [0.5, 0.6) is 0 Å². The van der Waals surface area contributed by atoms with Crippen molar-refractivity contribution in [1.82, 2.24) is 5.32 Å². The molecule has 2 N–H and O–H groups in total. The molecular weight excluding hydrogens is 270 g/mol. The van der Waals surface area contributed by atoms with E-state index in [2.05, 4.69) is 5.32 Å². The number of hydrogen-bond acceptors (Lipinski definition) is 3. The minimum absolute atomic E-state index is 0.0251. The zero-order chi connectivity index (χ0) is 15.8. The van der Waals surface area contributed by atoms with Crippen LogP contribution in [0.25, 0.3) is 0 Å². The molecule has 0 heterocycles. The number of carbonyl (C=O) groups excluding carboxylic acids is 1. The Morgan fingerprint density at radius 1 is 1.24 bits per heavy atom. The molecule has 1 aromatic carbocycles. The maximum absolute atomic E-state index is 12.3. The number of ether oxygens (including phenoxy) is 1. The van der Waals surface area contributed by atoms with Crippen LogP contribution < -0.4 is 5.32 Å². The van der Waals surface area contributed by atoms with E-state index in [9.17, 15) is 9.59 Å². The standard InChI is InChI=1S/C16H23NO4/c1-11(2)13(9-12-7-5-4-6-8-12)15(18)17-10-14(21-3)16(19)20/h4-8,11,13-14H,9-10H2,1-3H3,(H,17,18)(H,19,20). The van der Waals surface area contributed by atoms with E-state index >= 15 is 0 Å². The fourth-order valence-electron chi connectivity index (χ4n) is 2.10. The Labute approximate surface area is 125 Å². The van der Waals surface area contributed by atoms with Crippen LogP contribution in [0.4, 0.5) is 0 Å². The number of carbonyl (C=O) groups is 2. The highest BCUT2D eigenvalue weighted by Gasteiger charge is 2.24. The van der Waals surface area contributed by atoms with Crippen molar-refractivity contribution in [2.24, 2.45) is 11.8 Å². The summed E-state index contributed by atoms with van der Waals surface area (Å²) in [6, 6.07) is 9.78. The zero-order valence-electron chi connectivity index (χ0n) is 12.7. The molecule has 0 aliphatic carbocycles. The van der Waals surface area contributed by atoms with Crippen molar-refractivity contribution >= 4 is 11.9 Å². The third-order valence-electron chi connectivity index (χ3n) is 3.46. The third-order valence-corrected chi connectivity index (χ3v) is 3.46. The topological polar surface area (TPSA) is 75.6 Å². The molecule has 2 atom stereocenters. The predicted molar refractivity (Wildman–Crippen MR) is 79.9 cm³/mol. The molecule has 5 heteroatoms. The van der Waals surface area contributed by atoms with Gasteiger partial charge in [-0.05, 0) is 17.9 Å². The Bertz CT molecular complexity index is 459. The lowest BCUT2D eigenvalue weighted by molar-refractivity contribution is -0.148. The maximum atomic E-state index is 12.3. The number of carboxylic acids is 1. The van der Waals surface area contributed by atoms with Gasteiger partial charge in [0.1, 0.15) is 0 Å². The minimum atomic E-state index is -1.08. The number of aliphatic carboxylic acids is 1. The first-order valence-electron chi connectivity index (χ1n) is 7.03. The highest BCUT2D eigenvalue weighted by Crippen LogP contribution is 2.17. The van der Waals surface area contributed by atoms with Gasteiger partial charge in [-0.1, -0.05) is 44.2 Å². The van der Waals surface area contributed by atoms with Gasteiger partial charge < -0.3 is 15.2 Å². The Kier molecular flexibility index (Phi) is 6.88. The van der Waals surface area contributed by atoms with Gasteiger partial charge in [0, 0.05) is 13.0 Å². The summed E-state index contributed by atoms with van der Waals surface area (Å²) in [6.07, 6.45) is -0.381. The minimum Gasteiger partial charge on any atom is -0.479 e. The van der Waals surface area contributed by atoms with Crippen LogP contribution in [0.1, 0.15) is 19.4 Å². The van der Waals surface area contributed by atoms with E-state index in [4.69, 9.17) is 9.84 Å². The third kappa shape index (κ3) is 5.55. The van der Waals surface area contributed by atoms with Gasteiger partial charge in [-0.15, -0.1) is 0 Å². The molecule has 0 saturated heterocycles. The van der Waals surface area contributed by atoms with E-state index in [1.54, 1.807) is 0 Å². The highest BCUT2D eigenvalue weighted by atomic mass is 16.5. The normalized spacial score (nSPS) is 13.7. The van der Waals surface area contributed by atoms with Crippen molar-refractivity contribution in [3.8, 4) is 0 Å². The molecule has 2 unspecified atom stereocenters. The van der Waals surface area contributed by atoms with Gasteiger partial charge in [0.05, 0.1) is 6.54 Å². The Morgan fingerprint density at radius 3 is 2.33 bits per heavy atom. The summed E-state index contributed by atoms with van der Waals surface area (Å²) in [5.74, 6) is -1.26. The van der Waals surface area contributed by atoms with Crippen LogP contribution in [0.15, 0.2) is 30.3 Å². The largest absolute Gasteiger partial charge is 0.479 e. The first-order chi connectivity index (χ1) is 9.95. The lowest BCUT2D eigenvalue weighted by Gasteiger charge is -2.21. The number of amides is 1. The van der Waals surface area contributed by atoms with Crippen LogP contribution >= 0.6 is 0 Å². The molecule has 1 aromatic rings. The van der Waals surface area contributed by atoms with Gasteiger partial charge in [0.25, 0.3) is 0 Å². The number of hydrogen-bond donors (Lipinski definition) is 2. The van der Waals surface area contributed by atoms with Crippen molar-refractivity contribution in [1.29, 1.82) is 0 Å². The Balaban J connectivity index is 2.64. The average Bonchev–Trinajstić information content (AvgIpc) is 2.45. The van der Waals surface area contributed by atoms with E-state index in [1.807, 2.05) is 44.2 Å². The summed E-state index contributed by atoms with van der Waals surface area (Å²) in [5.41, 5.74) is 1.09. The molecule has 0 aliphatic heterocycles. The molecule has 1 rings (SSSR count). The van der Waals surface area contributed by atoms with E-state index < -0.39 is 12.1 Å². The molecule has 0 fully saturated rings. The Morgan fingerprint density at radius 2 is 1.86 bits per heavy atom. The summed E-state index contributed by atoms with van der Waals surface area (Å²) in [6.45, 7) is 3.94. The second-order valence-electron chi connectivity index (χ2n) is 5.35. The zero-order valence-corrected chi connectivity index (χ0v) is 12.7. The average molecular weight is 293 g/mol. The first kappa shape index (κ1) is 17.2. The van der Waals surface area contributed by atoms with Gasteiger partial charge in [-0.25, -0.2) is 4.79 Å². The quantitative estimate of drug-likeness (QED) is 0.765. The van der Waals surface area contributed by atoms with Crippen molar-refractivity contribution in [3.63, 3.8) is 0 Å². The molecule has 1 amide bonds. The van der Waals surface area contributed by atoms with Crippen LogP contribution in [0.2, 0.25) is 0 Å². The molecule has 0 aliphatic rings. The highest BCUT2D eigenvalue weighted by molar-refractivity contribution is 5.80. The van der Waals surface area contributed by atoms with Crippen molar-refractivity contribution in [2.75, 3.05) is 13.7 Å². The number of benzene rings is 1. The monoisotopic (exact) mass is 293 g/mol. The molecule has 0 aromatic heterocycles. The number of methoxy groups -OCH3 is 1. The number of carboxylic acid groups (broad SMARTS) is 1. The summed E-state index contributed by atoms with van der Waals surface area (Å²) in [4.78, 5) is 23.1. The van der Waals surface area contributed by atoms with Crippen LogP contribution in [0, 0.1) is 11.8 Å². The molecule has 5 nitrogen and oxygen atoms in total. The van der Waals surface area contributed by atoms with Gasteiger partial charge in [0.2, 0.25) is 5.91 Å². The van der Waals surface area contributed by atoms with Crippen molar-refractivity contribution in [3.05, 3.63) is 35.9 Å². The molecule has 0 saturated carbocycles. The smallest absolute Gasteiger partial charge is 0.334 e. The molecular formula is C16H23NO4. The van der Waals surface area contributed by atoms with Crippen LogP contribution in [-0.2, 0) is 20.7 Å². The summed E-state index contributed by atoms with van der Waals surface area (Å²) >= 11 is 0. The lowest BCUT2D eigenvalue weighted by Crippen LogP contribution is -2.42. The SMILES string of the molecule is COC(CNC(=O)C(Cc1ccccc1)C(C)C)C(=O)O. The molecule has 0 bridgehead atoms. The molecule has 0 radical (unpaired) electrons. The van der Waals surface area contributed by atoms with E-state index in [0.717, 1.165) is 5.56 Å². The second kappa shape index (κ2) is 8.42. The van der Waals surface area contributed by atoms with E-state index in [0.29, 0.717) is 6.42 Å². The van der Waals surface area contributed by atoms with Gasteiger partial charge in [-0.2, -0.15) is 0 Å². The fourth-order valence-corrected chi connectivity index (χ4v) is 2.10. The Hall–Kier alpha value is -1.88. The van der Waals surface area contributed by atoms with E-state index in [-0.39, 0.29) is 24.3 Å². The van der Waals surface area contributed by atoms with Gasteiger partial charge >= 0.3 is 5.97 Å². The van der Waals surface area contributed by atoms with Crippen LogP contribution in [0.3, 0.4) is 0 Å². The number of nitrogens with one attached hydrogen (secondary N) is 1. The summed E-state index contributed by atoms with van der Waals surface area (Å²) in [5, 5.41) is 11.6. The fraction of sp³-hybridized carbons (Fsp3) is 0.500. The summed E-state index contributed by atoms with van der Waals surface area (Å²) < 4.78 is 4.81. The number of rotatable bonds is 8. The lowest BCUT2D eigenvalue weighted by atomic mass is 9.88. The van der Waals surface area contributed by atoms with E-state index in [1.165, 1.54) is 7.11 Å². The van der Waals surface area contributed by atoms with Gasteiger partial charge in [-0.3, -0.25) is 4.79 Å². The summed E-state index contributed by atoms with van der Waals surface area (Å²) in [7, 11) is 1.31. The predicted octanol–water partition coefficient (Wildman–Crippen LogP) is 1.72. The van der Waals surface area contributed by atoms with Crippen molar-refractivity contribution in [2.45, 2.75) is 26.4 Å². The van der Waals surface area contributed by atoms with Crippen molar-refractivity contribution < 1.29 is 19.4 Å². The molecule has 0 spiro atoms. The maximum Gasteiger partial charge on any atom is 0.334 e. The molecule has 21 heavy (non-hydrogen) atoms. The van der Waals surface area contributed by atoms with Gasteiger partial charge in [0.15, 0.2) is 6.10 Å².